The number of nitrogens with one attached hydrogen (secondary N) is 1. The second kappa shape index (κ2) is 6.14. The predicted octanol–water partition coefficient (Wildman–Crippen LogP) is 1.14. The Bertz CT molecular complexity index is 534. The highest BCUT2D eigenvalue weighted by molar-refractivity contribution is 6.31. The van der Waals surface area contributed by atoms with E-state index in [9.17, 15) is 18.8 Å². The van der Waals surface area contributed by atoms with Crippen LogP contribution in [0.25, 0.3) is 0 Å². The Balaban J connectivity index is 2.90. The van der Waals surface area contributed by atoms with Crippen molar-refractivity contribution in [2.45, 2.75) is 12.5 Å². The zero-order valence-electron chi connectivity index (χ0n) is 9.39. The summed E-state index contributed by atoms with van der Waals surface area (Å²) in [6.07, 6.45) is -0.816. The van der Waals surface area contributed by atoms with Gasteiger partial charge in [-0.2, -0.15) is 0 Å². The van der Waals surface area contributed by atoms with Crippen LogP contribution >= 0.6 is 11.6 Å². The van der Waals surface area contributed by atoms with E-state index in [4.69, 9.17) is 21.8 Å². The first-order valence-electron chi connectivity index (χ1n) is 5.01. The Kier molecular flexibility index (Phi) is 4.82. The summed E-state index contributed by atoms with van der Waals surface area (Å²) in [5.41, 5.74) is -0.455. The van der Waals surface area contributed by atoms with Crippen molar-refractivity contribution in [1.82, 2.24) is 5.32 Å². The van der Waals surface area contributed by atoms with Gasteiger partial charge in [-0.15, -0.1) is 0 Å². The van der Waals surface area contributed by atoms with Crippen LogP contribution in [0.4, 0.5) is 4.39 Å². The van der Waals surface area contributed by atoms with Crippen molar-refractivity contribution in [3.63, 3.8) is 0 Å². The number of halogens is 2. The van der Waals surface area contributed by atoms with Crippen LogP contribution in [-0.2, 0) is 9.59 Å². The molecule has 0 aliphatic heterocycles. The molecule has 3 N–H and O–H groups in total. The lowest BCUT2D eigenvalue weighted by molar-refractivity contribution is -0.145. The van der Waals surface area contributed by atoms with Gasteiger partial charge in [0.1, 0.15) is 11.9 Å². The summed E-state index contributed by atoms with van der Waals surface area (Å²) in [5.74, 6) is -4.87. The van der Waals surface area contributed by atoms with Crippen LogP contribution in [0, 0.1) is 5.82 Å². The van der Waals surface area contributed by atoms with Crippen molar-refractivity contribution < 1.29 is 29.0 Å². The number of carboxylic acids is 2. The molecule has 0 saturated carbocycles. The summed E-state index contributed by atoms with van der Waals surface area (Å²) >= 11 is 5.59. The maximum Gasteiger partial charge on any atom is 0.326 e. The van der Waals surface area contributed by atoms with Crippen molar-refractivity contribution in [2.24, 2.45) is 0 Å². The molecule has 0 fully saturated rings. The van der Waals surface area contributed by atoms with E-state index in [1.54, 1.807) is 0 Å². The van der Waals surface area contributed by atoms with E-state index in [0.717, 1.165) is 12.1 Å². The zero-order valence-corrected chi connectivity index (χ0v) is 10.1. The van der Waals surface area contributed by atoms with E-state index in [2.05, 4.69) is 0 Å². The number of carbonyl (C=O) groups excluding carboxylic acids is 1. The van der Waals surface area contributed by atoms with Gasteiger partial charge < -0.3 is 15.5 Å². The number of rotatable bonds is 5. The number of carboxylic acid groups (broad SMARTS) is 2. The summed E-state index contributed by atoms with van der Waals surface area (Å²) in [5, 5.41) is 19.3. The van der Waals surface area contributed by atoms with Gasteiger partial charge in [-0.05, 0) is 18.2 Å². The molecular weight excluding hydrogens is 281 g/mol. The van der Waals surface area contributed by atoms with Gasteiger partial charge in [0, 0.05) is 5.02 Å². The molecule has 6 nitrogen and oxygen atoms in total. The fourth-order valence-electron chi connectivity index (χ4n) is 1.28. The van der Waals surface area contributed by atoms with Crippen LogP contribution in [0.2, 0.25) is 5.02 Å². The van der Waals surface area contributed by atoms with E-state index in [-0.39, 0.29) is 5.02 Å². The Morgan fingerprint density at radius 3 is 2.47 bits per heavy atom. The average molecular weight is 290 g/mol. The maximum atomic E-state index is 13.4. The van der Waals surface area contributed by atoms with Crippen LogP contribution in [-0.4, -0.2) is 34.1 Å². The monoisotopic (exact) mass is 289 g/mol. The first-order chi connectivity index (χ1) is 8.81. The second-order valence-electron chi connectivity index (χ2n) is 3.59. The molecule has 0 heterocycles. The fourth-order valence-corrected chi connectivity index (χ4v) is 1.45. The molecule has 1 rings (SSSR count). The molecule has 0 aliphatic rings. The lowest BCUT2D eigenvalue weighted by Gasteiger charge is -2.12. The van der Waals surface area contributed by atoms with Crippen LogP contribution < -0.4 is 5.32 Å². The molecule has 0 saturated heterocycles. The van der Waals surface area contributed by atoms with E-state index in [0.29, 0.717) is 0 Å². The lowest BCUT2D eigenvalue weighted by Crippen LogP contribution is -2.42. The van der Waals surface area contributed by atoms with E-state index < -0.39 is 41.7 Å². The Morgan fingerprint density at radius 2 is 1.95 bits per heavy atom. The first kappa shape index (κ1) is 14.9. The van der Waals surface area contributed by atoms with Crippen LogP contribution in [0.15, 0.2) is 18.2 Å². The minimum absolute atomic E-state index is 0.0941. The summed E-state index contributed by atoms with van der Waals surface area (Å²) in [4.78, 5) is 32.8. The molecule has 102 valence electrons. The van der Waals surface area contributed by atoms with Crippen molar-refractivity contribution in [1.29, 1.82) is 0 Å². The fraction of sp³-hybridized carbons (Fsp3) is 0.182. The van der Waals surface area contributed by atoms with Crippen molar-refractivity contribution >= 4 is 29.4 Å². The topological polar surface area (TPSA) is 104 Å². The molecule has 1 unspecified atom stereocenters. The second-order valence-corrected chi connectivity index (χ2v) is 4.02. The molecule has 19 heavy (non-hydrogen) atoms. The van der Waals surface area contributed by atoms with Gasteiger partial charge in [0.25, 0.3) is 5.91 Å². The molecule has 1 atom stereocenters. The van der Waals surface area contributed by atoms with E-state index in [1.807, 2.05) is 5.32 Å². The summed E-state index contributed by atoms with van der Waals surface area (Å²) < 4.78 is 13.4. The van der Waals surface area contributed by atoms with E-state index >= 15 is 0 Å². The number of carbonyl (C=O) groups is 3. The molecule has 1 amide bonds. The van der Waals surface area contributed by atoms with Crippen molar-refractivity contribution in [3.8, 4) is 0 Å². The number of hydrogen-bond acceptors (Lipinski definition) is 3. The largest absolute Gasteiger partial charge is 0.481 e. The first-order valence-corrected chi connectivity index (χ1v) is 5.39. The Labute approximate surface area is 111 Å². The van der Waals surface area contributed by atoms with Gasteiger partial charge in [0.2, 0.25) is 0 Å². The van der Waals surface area contributed by atoms with Crippen molar-refractivity contribution in [2.75, 3.05) is 0 Å². The van der Waals surface area contributed by atoms with E-state index in [1.165, 1.54) is 6.07 Å². The smallest absolute Gasteiger partial charge is 0.326 e. The van der Waals surface area contributed by atoms with Gasteiger partial charge in [-0.3, -0.25) is 9.59 Å². The minimum Gasteiger partial charge on any atom is -0.481 e. The summed E-state index contributed by atoms with van der Waals surface area (Å²) in [6.45, 7) is 0. The SMILES string of the molecule is O=C(O)CC(NC(=O)c1cc(Cl)ccc1F)C(=O)O. The molecule has 0 spiro atoms. The standard InChI is InChI=1S/C11H9ClFNO5/c12-5-1-2-7(13)6(3-5)10(17)14-8(11(18)19)4-9(15)16/h1-3,8H,4H2,(H,14,17)(H,15,16)(H,18,19). The van der Waals surface area contributed by atoms with Crippen LogP contribution in [0.1, 0.15) is 16.8 Å². The third kappa shape index (κ3) is 4.22. The van der Waals surface area contributed by atoms with Gasteiger partial charge in [-0.25, -0.2) is 9.18 Å². The normalized spacial score (nSPS) is 11.7. The quantitative estimate of drug-likeness (QED) is 0.754. The minimum atomic E-state index is -1.65. The number of amides is 1. The molecule has 0 radical (unpaired) electrons. The van der Waals surface area contributed by atoms with Crippen molar-refractivity contribution in [3.05, 3.63) is 34.6 Å². The zero-order chi connectivity index (χ0) is 14.6. The van der Waals surface area contributed by atoms with Gasteiger partial charge in [-0.1, -0.05) is 11.6 Å². The molecule has 8 heteroatoms. The number of hydrogen-bond donors (Lipinski definition) is 3. The molecule has 0 aromatic heterocycles. The van der Waals surface area contributed by atoms with Gasteiger partial charge >= 0.3 is 11.9 Å². The highest BCUT2D eigenvalue weighted by Crippen LogP contribution is 2.15. The number of benzene rings is 1. The van der Waals surface area contributed by atoms with Crippen LogP contribution in [0.3, 0.4) is 0 Å². The van der Waals surface area contributed by atoms with Gasteiger partial charge in [0.15, 0.2) is 0 Å². The molecule has 0 bridgehead atoms. The molecule has 0 aliphatic carbocycles. The Hall–Kier alpha value is -2.15. The highest BCUT2D eigenvalue weighted by atomic mass is 35.5. The summed E-state index contributed by atoms with van der Waals surface area (Å²) in [7, 11) is 0. The highest BCUT2D eigenvalue weighted by Gasteiger charge is 2.24. The molecule has 1 aromatic carbocycles. The third-order valence-electron chi connectivity index (χ3n) is 2.16. The molecule has 1 aromatic rings. The maximum absolute atomic E-state index is 13.4. The van der Waals surface area contributed by atoms with Gasteiger partial charge in [0.05, 0.1) is 12.0 Å². The third-order valence-corrected chi connectivity index (χ3v) is 2.39. The summed E-state index contributed by atoms with van der Waals surface area (Å²) in [6, 6.07) is 1.54. The molecular formula is C11H9ClFNO5. The predicted molar refractivity (Wildman–Crippen MR) is 62.6 cm³/mol. The average Bonchev–Trinajstić information content (AvgIpc) is 2.30. The number of aliphatic carboxylic acids is 2. The lowest BCUT2D eigenvalue weighted by atomic mass is 10.1. The van der Waals surface area contributed by atoms with Crippen LogP contribution in [0.5, 0.6) is 0 Å². The Morgan fingerprint density at radius 1 is 1.32 bits per heavy atom.